The van der Waals surface area contributed by atoms with Crippen molar-refractivity contribution in [2.75, 3.05) is 12.4 Å². The fraction of sp³-hybridized carbons (Fsp3) is 0.133. The van der Waals surface area contributed by atoms with Gasteiger partial charge in [-0.3, -0.25) is 0 Å². The lowest BCUT2D eigenvalue weighted by molar-refractivity contribution is 0.220. The number of anilines is 1. The number of nitrogens with zero attached hydrogens (tertiary/aromatic N) is 1. The van der Waals surface area contributed by atoms with Gasteiger partial charge in [0.15, 0.2) is 0 Å². The van der Waals surface area contributed by atoms with Gasteiger partial charge in [0.05, 0.1) is 0 Å². The smallest absolute Gasteiger partial charge is 0.321 e. The first kappa shape index (κ1) is 13.6. The molecule has 19 heavy (non-hydrogen) atoms. The number of nitrogens with one attached hydrogen (secondary N) is 1. The highest BCUT2D eigenvalue weighted by atomic mass is 79.9. The van der Waals surface area contributed by atoms with Crippen LogP contribution in [0, 0.1) is 0 Å². The Kier molecular flexibility index (Phi) is 4.58. The molecule has 2 aromatic carbocycles. The van der Waals surface area contributed by atoms with E-state index >= 15 is 0 Å². The number of amides is 2. The minimum absolute atomic E-state index is 0.123. The molecule has 0 aliphatic heterocycles. The molecular weight excluding hydrogens is 304 g/mol. The van der Waals surface area contributed by atoms with E-state index in [9.17, 15) is 4.79 Å². The molecule has 0 heterocycles. The lowest BCUT2D eigenvalue weighted by atomic mass is 10.2. The van der Waals surface area contributed by atoms with Crippen molar-refractivity contribution < 1.29 is 4.79 Å². The summed E-state index contributed by atoms with van der Waals surface area (Å²) in [4.78, 5) is 13.7. The summed E-state index contributed by atoms with van der Waals surface area (Å²) < 4.78 is 0.941. The molecule has 3 nitrogen and oxygen atoms in total. The van der Waals surface area contributed by atoms with Crippen molar-refractivity contribution >= 4 is 27.6 Å². The van der Waals surface area contributed by atoms with Crippen LogP contribution in [0.5, 0.6) is 0 Å². The highest BCUT2D eigenvalue weighted by Gasteiger charge is 2.09. The van der Waals surface area contributed by atoms with E-state index in [1.54, 1.807) is 11.9 Å². The van der Waals surface area contributed by atoms with Gasteiger partial charge in [-0.2, -0.15) is 0 Å². The molecule has 0 spiro atoms. The van der Waals surface area contributed by atoms with E-state index in [4.69, 9.17) is 0 Å². The fourth-order valence-electron chi connectivity index (χ4n) is 1.71. The number of hydrogen-bond donors (Lipinski definition) is 1. The molecule has 1 N–H and O–H groups in total. The Morgan fingerprint density at radius 3 is 2.58 bits per heavy atom. The van der Waals surface area contributed by atoms with Gasteiger partial charge in [0, 0.05) is 23.8 Å². The van der Waals surface area contributed by atoms with Crippen LogP contribution in [0.2, 0.25) is 0 Å². The monoisotopic (exact) mass is 318 g/mol. The summed E-state index contributed by atoms with van der Waals surface area (Å²) in [6.07, 6.45) is 0. The predicted octanol–water partition coefficient (Wildman–Crippen LogP) is 4.11. The largest absolute Gasteiger partial charge is 0.323 e. The second-order valence-corrected chi connectivity index (χ2v) is 5.20. The van der Waals surface area contributed by atoms with E-state index in [-0.39, 0.29) is 6.03 Å². The van der Waals surface area contributed by atoms with Gasteiger partial charge in [0.2, 0.25) is 0 Å². The minimum atomic E-state index is -0.123. The zero-order valence-electron chi connectivity index (χ0n) is 10.6. The summed E-state index contributed by atoms with van der Waals surface area (Å²) in [5.74, 6) is 0. The summed E-state index contributed by atoms with van der Waals surface area (Å²) in [6.45, 7) is 0.584. The molecule has 0 saturated carbocycles. The van der Waals surface area contributed by atoms with Crippen LogP contribution in [0.15, 0.2) is 59.1 Å². The van der Waals surface area contributed by atoms with E-state index in [1.807, 2.05) is 54.6 Å². The van der Waals surface area contributed by atoms with Gasteiger partial charge < -0.3 is 10.2 Å². The molecule has 0 unspecified atom stereocenters. The van der Waals surface area contributed by atoms with E-state index in [1.165, 1.54) is 0 Å². The van der Waals surface area contributed by atoms with Gasteiger partial charge in [0.1, 0.15) is 0 Å². The van der Waals surface area contributed by atoms with E-state index < -0.39 is 0 Å². The third-order valence-corrected chi connectivity index (χ3v) is 3.18. The maximum Gasteiger partial charge on any atom is 0.321 e. The number of halogens is 1. The van der Waals surface area contributed by atoms with Crippen LogP contribution in [0.25, 0.3) is 0 Å². The molecular formula is C15H15BrN2O. The SMILES string of the molecule is CN(Cc1ccccc1)C(=O)Nc1cccc(Br)c1. The van der Waals surface area contributed by atoms with Crippen LogP contribution in [0.1, 0.15) is 5.56 Å². The zero-order valence-corrected chi connectivity index (χ0v) is 12.2. The van der Waals surface area contributed by atoms with Crippen molar-refractivity contribution in [3.8, 4) is 0 Å². The summed E-state index contributed by atoms with van der Waals surface area (Å²) in [5, 5.41) is 2.86. The van der Waals surface area contributed by atoms with Crippen molar-refractivity contribution in [3.63, 3.8) is 0 Å². The van der Waals surface area contributed by atoms with Crippen LogP contribution in [-0.2, 0) is 6.54 Å². The maximum absolute atomic E-state index is 12.0. The normalized spacial score (nSPS) is 10.0. The van der Waals surface area contributed by atoms with E-state index in [0.717, 1.165) is 15.7 Å². The minimum Gasteiger partial charge on any atom is -0.323 e. The number of carbonyl (C=O) groups is 1. The summed E-state index contributed by atoms with van der Waals surface area (Å²) in [5.41, 5.74) is 1.88. The molecule has 0 fully saturated rings. The van der Waals surface area contributed by atoms with Crippen molar-refractivity contribution in [1.29, 1.82) is 0 Å². The second kappa shape index (κ2) is 6.38. The molecule has 0 aliphatic carbocycles. The quantitative estimate of drug-likeness (QED) is 0.907. The second-order valence-electron chi connectivity index (χ2n) is 4.28. The van der Waals surface area contributed by atoms with Gasteiger partial charge in [-0.05, 0) is 23.8 Å². The van der Waals surface area contributed by atoms with Crippen LogP contribution >= 0.6 is 15.9 Å². The Hall–Kier alpha value is -1.81. The summed E-state index contributed by atoms with van der Waals surface area (Å²) in [6, 6.07) is 17.3. The molecule has 0 aliphatic rings. The first-order chi connectivity index (χ1) is 9.15. The lowest BCUT2D eigenvalue weighted by Gasteiger charge is -2.18. The van der Waals surface area contributed by atoms with Crippen molar-refractivity contribution in [1.82, 2.24) is 4.90 Å². The Morgan fingerprint density at radius 2 is 1.89 bits per heavy atom. The standard InChI is InChI=1S/C15H15BrN2O/c1-18(11-12-6-3-2-4-7-12)15(19)17-14-9-5-8-13(16)10-14/h2-10H,11H2,1H3,(H,17,19). The summed E-state index contributed by atoms with van der Waals surface area (Å²) in [7, 11) is 1.78. The van der Waals surface area contributed by atoms with Crippen molar-refractivity contribution in [2.45, 2.75) is 6.54 Å². The molecule has 0 aromatic heterocycles. The molecule has 2 aromatic rings. The molecule has 2 rings (SSSR count). The molecule has 4 heteroatoms. The van der Waals surface area contributed by atoms with Gasteiger partial charge in [-0.25, -0.2) is 4.79 Å². The number of rotatable bonds is 3. The van der Waals surface area contributed by atoms with Gasteiger partial charge in [-0.15, -0.1) is 0 Å². The molecule has 0 radical (unpaired) electrons. The third-order valence-electron chi connectivity index (χ3n) is 2.69. The van der Waals surface area contributed by atoms with Gasteiger partial charge in [0.25, 0.3) is 0 Å². The Bertz CT molecular complexity index is 557. The third kappa shape index (κ3) is 4.10. The van der Waals surface area contributed by atoms with Crippen LogP contribution < -0.4 is 5.32 Å². The van der Waals surface area contributed by atoms with Gasteiger partial charge >= 0.3 is 6.03 Å². The molecule has 2 amide bonds. The van der Waals surface area contributed by atoms with Crippen LogP contribution in [-0.4, -0.2) is 18.0 Å². The van der Waals surface area contributed by atoms with Gasteiger partial charge in [-0.1, -0.05) is 52.3 Å². The van der Waals surface area contributed by atoms with Crippen molar-refractivity contribution in [3.05, 3.63) is 64.6 Å². The number of urea groups is 1. The number of benzene rings is 2. The Morgan fingerprint density at radius 1 is 1.16 bits per heavy atom. The Labute approximate surface area is 121 Å². The van der Waals surface area contributed by atoms with Crippen LogP contribution in [0.3, 0.4) is 0 Å². The van der Waals surface area contributed by atoms with E-state index in [0.29, 0.717) is 6.54 Å². The average Bonchev–Trinajstić information content (AvgIpc) is 2.40. The molecule has 0 bridgehead atoms. The number of hydrogen-bond acceptors (Lipinski definition) is 1. The predicted molar refractivity (Wildman–Crippen MR) is 81.1 cm³/mol. The molecule has 0 atom stereocenters. The topological polar surface area (TPSA) is 32.3 Å². The lowest BCUT2D eigenvalue weighted by Crippen LogP contribution is -2.30. The highest BCUT2D eigenvalue weighted by Crippen LogP contribution is 2.16. The molecule has 98 valence electrons. The Balaban J connectivity index is 1.96. The highest BCUT2D eigenvalue weighted by molar-refractivity contribution is 9.10. The molecule has 0 saturated heterocycles. The van der Waals surface area contributed by atoms with E-state index in [2.05, 4.69) is 21.2 Å². The first-order valence-electron chi connectivity index (χ1n) is 5.97. The fourth-order valence-corrected chi connectivity index (χ4v) is 2.11. The average molecular weight is 319 g/mol. The van der Waals surface area contributed by atoms with Crippen molar-refractivity contribution in [2.24, 2.45) is 0 Å². The maximum atomic E-state index is 12.0. The number of carbonyl (C=O) groups excluding carboxylic acids is 1. The van der Waals surface area contributed by atoms with Crippen LogP contribution in [0.4, 0.5) is 10.5 Å². The first-order valence-corrected chi connectivity index (χ1v) is 6.76. The summed E-state index contributed by atoms with van der Waals surface area (Å²) >= 11 is 3.38. The zero-order chi connectivity index (χ0) is 13.7.